The quantitative estimate of drug-likeness (QED) is 0.914. The Morgan fingerprint density at radius 1 is 1.21 bits per heavy atom. The van der Waals surface area contributed by atoms with Crippen molar-refractivity contribution in [3.05, 3.63) is 35.4 Å². The summed E-state index contributed by atoms with van der Waals surface area (Å²) in [6.07, 6.45) is 4.98. The Balaban J connectivity index is 0.00000133. The molecule has 0 spiro atoms. The Morgan fingerprint density at radius 3 is 2.47 bits per heavy atom. The normalized spacial score (nSPS) is 32.9. The summed E-state index contributed by atoms with van der Waals surface area (Å²) in [6, 6.07) is 9.89. The Hall–Kier alpha value is -0.570. The minimum atomic E-state index is 0. The maximum absolute atomic E-state index is 6.28. The highest BCUT2D eigenvalue weighted by Crippen LogP contribution is 2.36. The summed E-state index contributed by atoms with van der Waals surface area (Å²) >= 11 is 0. The molecule has 2 atom stereocenters. The molecule has 106 valence electrons. The number of hydrogen-bond donors (Lipinski definition) is 1. The number of benzene rings is 1. The minimum absolute atomic E-state index is 0. The third-order valence-electron chi connectivity index (χ3n) is 4.53. The molecule has 3 rings (SSSR count). The van der Waals surface area contributed by atoms with Crippen LogP contribution in [0.4, 0.5) is 0 Å². The summed E-state index contributed by atoms with van der Waals surface area (Å²) in [5.41, 5.74) is 2.72. The van der Waals surface area contributed by atoms with Crippen molar-refractivity contribution in [1.29, 1.82) is 0 Å². The molecule has 1 aromatic carbocycles. The topological polar surface area (TPSA) is 21.3 Å². The number of nitrogens with one attached hydrogen (secondary N) is 1. The number of halogens is 1. The summed E-state index contributed by atoms with van der Waals surface area (Å²) in [6.45, 7) is 5.20. The summed E-state index contributed by atoms with van der Waals surface area (Å²) in [7, 11) is 0. The van der Waals surface area contributed by atoms with Crippen LogP contribution in [0.25, 0.3) is 0 Å². The molecule has 2 saturated heterocycles. The van der Waals surface area contributed by atoms with Gasteiger partial charge in [-0.05, 0) is 50.7 Å². The van der Waals surface area contributed by atoms with E-state index >= 15 is 0 Å². The molecule has 2 nitrogen and oxygen atoms in total. The van der Waals surface area contributed by atoms with E-state index in [4.69, 9.17) is 4.74 Å². The molecule has 0 saturated carbocycles. The maximum atomic E-state index is 6.28. The summed E-state index contributed by atoms with van der Waals surface area (Å²) < 4.78 is 6.28. The second kappa shape index (κ2) is 5.82. The van der Waals surface area contributed by atoms with E-state index < -0.39 is 0 Å². The SMILES string of the molecule is Cc1ccccc1COC1(C)CC2CCC(C1)N2.Cl. The monoisotopic (exact) mass is 281 g/mol. The highest BCUT2D eigenvalue weighted by molar-refractivity contribution is 5.85. The molecule has 2 bridgehead atoms. The largest absolute Gasteiger partial charge is 0.370 e. The first-order valence-electron chi connectivity index (χ1n) is 7.09. The molecule has 0 aliphatic carbocycles. The predicted molar refractivity (Wildman–Crippen MR) is 80.8 cm³/mol. The number of fused-ring (bicyclic) bond motifs is 2. The van der Waals surface area contributed by atoms with Crippen LogP contribution in [0, 0.1) is 6.92 Å². The summed E-state index contributed by atoms with van der Waals surface area (Å²) in [5, 5.41) is 3.68. The summed E-state index contributed by atoms with van der Waals surface area (Å²) in [5.74, 6) is 0. The molecule has 2 aliphatic rings. The van der Waals surface area contributed by atoms with Crippen molar-refractivity contribution in [3.8, 4) is 0 Å². The van der Waals surface area contributed by atoms with Crippen molar-refractivity contribution in [2.45, 2.75) is 63.8 Å². The van der Waals surface area contributed by atoms with Gasteiger partial charge >= 0.3 is 0 Å². The van der Waals surface area contributed by atoms with E-state index in [9.17, 15) is 0 Å². The third-order valence-corrected chi connectivity index (χ3v) is 4.53. The van der Waals surface area contributed by atoms with E-state index in [-0.39, 0.29) is 18.0 Å². The van der Waals surface area contributed by atoms with Crippen molar-refractivity contribution in [3.63, 3.8) is 0 Å². The van der Waals surface area contributed by atoms with Crippen LogP contribution in [0.3, 0.4) is 0 Å². The average Bonchev–Trinajstić information content (AvgIpc) is 2.69. The van der Waals surface area contributed by atoms with Crippen molar-refractivity contribution >= 4 is 12.4 Å². The number of piperidine rings is 1. The number of ether oxygens (including phenoxy) is 1. The van der Waals surface area contributed by atoms with E-state index in [1.54, 1.807) is 0 Å². The third kappa shape index (κ3) is 3.31. The van der Waals surface area contributed by atoms with Gasteiger partial charge in [0.05, 0.1) is 12.2 Å². The molecule has 3 heteroatoms. The van der Waals surface area contributed by atoms with E-state index in [2.05, 4.69) is 43.4 Å². The molecule has 2 aliphatic heterocycles. The van der Waals surface area contributed by atoms with Crippen LogP contribution in [0.5, 0.6) is 0 Å². The highest BCUT2D eigenvalue weighted by Gasteiger charge is 2.41. The number of hydrogen-bond acceptors (Lipinski definition) is 2. The fraction of sp³-hybridized carbons (Fsp3) is 0.625. The molecule has 0 aromatic heterocycles. The lowest BCUT2D eigenvalue weighted by Crippen LogP contribution is -2.48. The standard InChI is InChI=1S/C16H23NO.ClH/c1-12-5-3-4-6-13(12)11-18-16(2)9-14-7-8-15(10-16)17-14;/h3-6,14-15,17H,7-11H2,1-2H3;1H. The first kappa shape index (κ1) is 14.8. The van der Waals surface area contributed by atoms with Gasteiger partial charge in [-0.2, -0.15) is 0 Å². The molecule has 19 heavy (non-hydrogen) atoms. The van der Waals surface area contributed by atoms with E-state index in [1.807, 2.05) is 0 Å². The van der Waals surface area contributed by atoms with Gasteiger partial charge in [-0.1, -0.05) is 24.3 Å². The number of aryl methyl sites for hydroxylation is 1. The first-order valence-corrected chi connectivity index (χ1v) is 7.09. The van der Waals surface area contributed by atoms with Crippen molar-refractivity contribution in [2.75, 3.05) is 0 Å². The molecule has 2 unspecified atom stereocenters. The van der Waals surface area contributed by atoms with Crippen LogP contribution < -0.4 is 5.32 Å². The van der Waals surface area contributed by atoms with Gasteiger partial charge in [0.2, 0.25) is 0 Å². The van der Waals surface area contributed by atoms with Gasteiger partial charge in [-0.25, -0.2) is 0 Å². The molecule has 0 amide bonds. The highest BCUT2D eigenvalue weighted by atomic mass is 35.5. The maximum Gasteiger partial charge on any atom is 0.0726 e. The number of rotatable bonds is 3. The molecular weight excluding hydrogens is 258 g/mol. The van der Waals surface area contributed by atoms with E-state index in [0.717, 1.165) is 19.4 Å². The first-order chi connectivity index (χ1) is 8.65. The minimum Gasteiger partial charge on any atom is -0.370 e. The molecule has 0 radical (unpaired) electrons. The lowest BCUT2D eigenvalue weighted by atomic mass is 9.89. The molecular formula is C16H24ClNO. The Bertz CT molecular complexity index is 423. The van der Waals surface area contributed by atoms with Gasteiger partial charge in [-0.3, -0.25) is 0 Å². The summed E-state index contributed by atoms with van der Waals surface area (Å²) in [4.78, 5) is 0. The van der Waals surface area contributed by atoms with Crippen molar-refractivity contribution < 1.29 is 4.74 Å². The fourth-order valence-corrected chi connectivity index (χ4v) is 3.49. The van der Waals surface area contributed by atoms with Crippen molar-refractivity contribution in [2.24, 2.45) is 0 Å². The molecule has 1 aromatic rings. The second-order valence-electron chi connectivity index (χ2n) is 6.21. The average molecular weight is 282 g/mol. The van der Waals surface area contributed by atoms with Gasteiger partial charge in [0, 0.05) is 12.1 Å². The van der Waals surface area contributed by atoms with Crippen LogP contribution in [0.2, 0.25) is 0 Å². The Morgan fingerprint density at radius 2 is 1.84 bits per heavy atom. The predicted octanol–water partition coefficient (Wildman–Crippen LogP) is 3.61. The zero-order valence-corrected chi connectivity index (χ0v) is 12.6. The molecule has 2 heterocycles. The van der Waals surface area contributed by atoms with Gasteiger partial charge in [0.15, 0.2) is 0 Å². The lowest BCUT2D eigenvalue weighted by Gasteiger charge is -2.38. The van der Waals surface area contributed by atoms with Gasteiger partial charge in [0.1, 0.15) is 0 Å². The molecule has 2 fully saturated rings. The zero-order valence-electron chi connectivity index (χ0n) is 11.8. The van der Waals surface area contributed by atoms with Crippen LogP contribution in [-0.2, 0) is 11.3 Å². The van der Waals surface area contributed by atoms with Crippen LogP contribution in [0.15, 0.2) is 24.3 Å². The van der Waals surface area contributed by atoms with Crippen LogP contribution in [0.1, 0.15) is 43.7 Å². The van der Waals surface area contributed by atoms with Crippen molar-refractivity contribution in [1.82, 2.24) is 5.32 Å². The van der Waals surface area contributed by atoms with E-state index in [1.165, 1.54) is 24.0 Å². The smallest absolute Gasteiger partial charge is 0.0726 e. The Kier molecular flexibility index (Phi) is 4.54. The molecule has 1 N–H and O–H groups in total. The zero-order chi connectivity index (χ0) is 12.6. The fourth-order valence-electron chi connectivity index (χ4n) is 3.49. The second-order valence-corrected chi connectivity index (χ2v) is 6.21. The van der Waals surface area contributed by atoms with Crippen LogP contribution in [-0.4, -0.2) is 17.7 Å². The van der Waals surface area contributed by atoms with Gasteiger partial charge in [-0.15, -0.1) is 12.4 Å². The van der Waals surface area contributed by atoms with Crippen LogP contribution >= 0.6 is 12.4 Å². The Labute approximate surface area is 122 Å². The van der Waals surface area contributed by atoms with Gasteiger partial charge in [0.25, 0.3) is 0 Å². The van der Waals surface area contributed by atoms with E-state index in [0.29, 0.717) is 12.1 Å². The lowest BCUT2D eigenvalue weighted by molar-refractivity contribution is -0.0732. The van der Waals surface area contributed by atoms with Gasteiger partial charge < -0.3 is 10.1 Å².